The van der Waals surface area contributed by atoms with Gasteiger partial charge in [-0.05, 0) is 44.6 Å². The van der Waals surface area contributed by atoms with Gasteiger partial charge in [0.2, 0.25) is 0 Å². The maximum Gasteiger partial charge on any atom is 0.327 e. The summed E-state index contributed by atoms with van der Waals surface area (Å²) in [6.07, 6.45) is 7.48. The Morgan fingerprint density at radius 3 is 2.33 bits per heavy atom. The zero-order valence-electron chi connectivity index (χ0n) is 14.2. The number of methoxy groups -OCH3 is 1. The average molecular weight is 296 g/mol. The summed E-state index contributed by atoms with van der Waals surface area (Å²) in [5.74, 6) is 0.974. The zero-order chi connectivity index (χ0) is 15.5. The van der Waals surface area contributed by atoms with Crippen LogP contribution in [0.2, 0.25) is 0 Å². The van der Waals surface area contributed by atoms with E-state index in [4.69, 9.17) is 4.74 Å². The molecule has 4 heteroatoms. The lowest BCUT2D eigenvalue weighted by Gasteiger charge is -2.39. The number of esters is 1. The minimum atomic E-state index is -0.508. The molecule has 0 aliphatic heterocycles. The van der Waals surface area contributed by atoms with Gasteiger partial charge in [0.1, 0.15) is 5.54 Å². The van der Waals surface area contributed by atoms with Crippen molar-refractivity contribution in [3.63, 3.8) is 0 Å². The first kappa shape index (κ1) is 16.8. The van der Waals surface area contributed by atoms with Crippen LogP contribution in [0.15, 0.2) is 0 Å². The minimum absolute atomic E-state index is 0.0840. The van der Waals surface area contributed by atoms with Crippen LogP contribution in [0.4, 0.5) is 0 Å². The predicted molar refractivity (Wildman–Crippen MR) is 85.2 cm³/mol. The van der Waals surface area contributed by atoms with E-state index >= 15 is 0 Å². The van der Waals surface area contributed by atoms with Crippen molar-refractivity contribution in [2.75, 3.05) is 27.2 Å². The number of ether oxygens (including phenoxy) is 1. The summed E-state index contributed by atoms with van der Waals surface area (Å²) in [5.41, 5.74) is -0.508. The Bertz CT molecular complexity index is 349. The molecule has 0 spiro atoms. The molecule has 0 amide bonds. The average Bonchev–Trinajstić information content (AvgIpc) is 3.17. The van der Waals surface area contributed by atoms with E-state index in [2.05, 4.69) is 24.1 Å². The van der Waals surface area contributed by atoms with Gasteiger partial charge < -0.3 is 10.1 Å². The van der Waals surface area contributed by atoms with Crippen molar-refractivity contribution >= 4 is 5.97 Å². The number of hydrogen-bond donors (Lipinski definition) is 1. The van der Waals surface area contributed by atoms with Gasteiger partial charge in [-0.15, -0.1) is 0 Å². The third kappa shape index (κ3) is 3.78. The third-order valence-corrected chi connectivity index (χ3v) is 5.16. The van der Waals surface area contributed by atoms with E-state index in [1.807, 2.05) is 7.05 Å². The molecular formula is C17H32N2O2. The van der Waals surface area contributed by atoms with Gasteiger partial charge in [0, 0.05) is 19.1 Å². The molecule has 0 heterocycles. The summed E-state index contributed by atoms with van der Waals surface area (Å²) in [7, 11) is 3.43. The van der Waals surface area contributed by atoms with Gasteiger partial charge in [-0.25, -0.2) is 4.79 Å². The van der Waals surface area contributed by atoms with Crippen LogP contribution in [0.5, 0.6) is 0 Å². The molecule has 1 unspecified atom stereocenters. The van der Waals surface area contributed by atoms with E-state index in [0.717, 1.165) is 25.9 Å². The van der Waals surface area contributed by atoms with Crippen LogP contribution in [-0.2, 0) is 9.53 Å². The number of carbonyl (C=O) groups is 1. The van der Waals surface area contributed by atoms with Crippen LogP contribution in [0.3, 0.4) is 0 Å². The molecule has 4 nitrogen and oxygen atoms in total. The van der Waals surface area contributed by atoms with E-state index in [1.165, 1.54) is 32.8 Å². The van der Waals surface area contributed by atoms with Gasteiger partial charge in [0.05, 0.1) is 7.11 Å². The maximum atomic E-state index is 12.5. The van der Waals surface area contributed by atoms with Crippen molar-refractivity contribution < 1.29 is 9.53 Å². The molecule has 1 N–H and O–H groups in total. The van der Waals surface area contributed by atoms with Gasteiger partial charge in [0.15, 0.2) is 0 Å². The first-order chi connectivity index (χ1) is 10.0. The summed E-state index contributed by atoms with van der Waals surface area (Å²) in [6.45, 7) is 6.39. The Morgan fingerprint density at radius 1 is 1.29 bits per heavy atom. The van der Waals surface area contributed by atoms with Gasteiger partial charge in [-0.2, -0.15) is 0 Å². The molecule has 2 rings (SSSR count). The first-order valence-electron chi connectivity index (χ1n) is 8.55. The van der Waals surface area contributed by atoms with E-state index in [0.29, 0.717) is 17.9 Å². The lowest BCUT2D eigenvalue weighted by atomic mass is 9.91. The van der Waals surface area contributed by atoms with E-state index in [1.54, 1.807) is 0 Å². The molecule has 0 radical (unpaired) electrons. The molecule has 0 bridgehead atoms. The molecule has 0 aromatic carbocycles. The molecule has 21 heavy (non-hydrogen) atoms. The summed E-state index contributed by atoms with van der Waals surface area (Å²) in [4.78, 5) is 15.0. The Labute approximate surface area is 129 Å². The normalized spacial score (nSPS) is 22.8. The zero-order valence-corrected chi connectivity index (χ0v) is 14.2. The monoisotopic (exact) mass is 296 g/mol. The number of likely N-dealkylation sites (N-methyl/N-ethyl adjacent to an activating group) is 1. The Hall–Kier alpha value is -0.610. The summed E-state index contributed by atoms with van der Waals surface area (Å²) in [5, 5.41) is 3.34. The molecule has 0 aromatic heterocycles. The van der Waals surface area contributed by atoms with E-state index in [-0.39, 0.29) is 5.97 Å². The molecule has 1 atom stereocenters. The fourth-order valence-electron chi connectivity index (χ4n) is 3.91. The van der Waals surface area contributed by atoms with Crippen molar-refractivity contribution in [3.8, 4) is 0 Å². The molecule has 2 saturated carbocycles. The second kappa shape index (κ2) is 7.10. The van der Waals surface area contributed by atoms with Crippen LogP contribution in [0.1, 0.15) is 52.4 Å². The van der Waals surface area contributed by atoms with E-state index in [9.17, 15) is 4.79 Å². The maximum absolute atomic E-state index is 12.5. The van der Waals surface area contributed by atoms with Crippen molar-refractivity contribution in [1.29, 1.82) is 0 Å². The Kier molecular flexibility index (Phi) is 5.67. The minimum Gasteiger partial charge on any atom is -0.468 e. The SMILES string of the molecule is CNC(CN(CC(C)C)C1CCCC1)(C(=O)OC)C1CC1. The quantitative estimate of drug-likeness (QED) is 0.699. The van der Waals surface area contributed by atoms with Crippen molar-refractivity contribution in [1.82, 2.24) is 10.2 Å². The van der Waals surface area contributed by atoms with Crippen LogP contribution in [-0.4, -0.2) is 49.7 Å². The van der Waals surface area contributed by atoms with Crippen LogP contribution >= 0.6 is 0 Å². The highest BCUT2D eigenvalue weighted by Crippen LogP contribution is 2.41. The number of hydrogen-bond acceptors (Lipinski definition) is 4. The van der Waals surface area contributed by atoms with Gasteiger partial charge >= 0.3 is 5.97 Å². The molecule has 2 aliphatic rings. The molecule has 0 aromatic rings. The fourth-order valence-corrected chi connectivity index (χ4v) is 3.91. The first-order valence-corrected chi connectivity index (χ1v) is 8.55. The molecule has 122 valence electrons. The number of carbonyl (C=O) groups excluding carboxylic acids is 1. The van der Waals surface area contributed by atoms with Gasteiger partial charge in [-0.3, -0.25) is 4.90 Å². The second-order valence-corrected chi connectivity index (χ2v) is 7.25. The number of rotatable bonds is 8. The lowest BCUT2D eigenvalue weighted by molar-refractivity contribution is -0.151. The number of nitrogens with one attached hydrogen (secondary N) is 1. The summed E-state index contributed by atoms with van der Waals surface area (Å²) < 4.78 is 5.15. The highest BCUT2D eigenvalue weighted by molar-refractivity contribution is 5.82. The topological polar surface area (TPSA) is 41.6 Å². The molecular weight excluding hydrogens is 264 g/mol. The Balaban J connectivity index is 2.15. The largest absolute Gasteiger partial charge is 0.468 e. The highest BCUT2D eigenvalue weighted by Gasteiger charge is 2.52. The number of nitrogens with zero attached hydrogens (tertiary/aromatic N) is 1. The molecule has 2 fully saturated rings. The van der Waals surface area contributed by atoms with Gasteiger partial charge in [0.25, 0.3) is 0 Å². The fraction of sp³-hybridized carbons (Fsp3) is 0.941. The smallest absolute Gasteiger partial charge is 0.327 e. The predicted octanol–water partition coefficient (Wildman–Crippen LogP) is 2.43. The van der Waals surface area contributed by atoms with Crippen LogP contribution < -0.4 is 5.32 Å². The van der Waals surface area contributed by atoms with Crippen molar-refractivity contribution in [2.45, 2.75) is 64.0 Å². The highest BCUT2D eigenvalue weighted by atomic mass is 16.5. The third-order valence-electron chi connectivity index (χ3n) is 5.16. The van der Waals surface area contributed by atoms with Crippen molar-refractivity contribution in [2.24, 2.45) is 11.8 Å². The molecule has 0 saturated heterocycles. The lowest BCUT2D eigenvalue weighted by Crippen LogP contribution is -2.61. The van der Waals surface area contributed by atoms with Crippen molar-refractivity contribution in [3.05, 3.63) is 0 Å². The van der Waals surface area contributed by atoms with Gasteiger partial charge in [-0.1, -0.05) is 26.7 Å². The molecule has 2 aliphatic carbocycles. The van der Waals surface area contributed by atoms with Crippen LogP contribution in [0, 0.1) is 11.8 Å². The Morgan fingerprint density at radius 2 is 1.90 bits per heavy atom. The van der Waals surface area contributed by atoms with Crippen LogP contribution in [0.25, 0.3) is 0 Å². The summed E-state index contributed by atoms with van der Waals surface area (Å²) in [6, 6.07) is 0.642. The van der Waals surface area contributed by atoms with E-state index < -0.39 is 5.54 Å². The standard InChI is InChI=1S/C17H32N2O2/c1-13(2)11-19(15-7-5-6-8-15)12-17(18-3,14-9-10-14)16(20)21-4/h13-15,18H,5-12H2,1-4H3. The second-order valence-electron chi connectivity index (χ2n) is 7.25. The summed E-state index contributed by atoms with van der Waals surface area (Å²) >= 11 is 0.